The van der Waals surface area contributed by atoms with E-state index in [1.165, 1.54) is 23.7 Å². The van der Waals surface area contributed by atoms with E-state index in [0.29, 0.717) is 22.7 Å². The standard InChI is InChI=1S/C25H24FN3O5S/c1-13(34-16-5-7-19(27-10-16)24(31)14-2-3-14)23-9-20(29-35-23)15-4-6-17(18(26)8-15)25(32)28-21-11-33-12-22(21)30/h4-10,13-14,21-22,30H,2-3,11-12H2,1H3,(H,28,32)/t13-,21+,22+/m1/s1. The fraction of sp³-hybridized carbons (Fsp3) is 0.360. The summed E-state index contributed by atoms with van der Waals surface area (Å²) in [4.78, 5) is 29.6. The number of aliphatic hydroxyl groups excluding tert-OH is 1. The van der Waals surface area contributed by atoms with E-state index in [9.17, 15) is 19.1 Å². The Kier molecular flexibility index (Phi) is 6.59. The Morgan fingerprint density at radius 1 is 1.23 bits per heavy atom. The summed E-state index contributed by atoms with van der Waals surface area (Å²) in [6.45, 7) is 2.20. The first kappa shape index (κ1) is 23.5. The van der Waals surface area contributed by atoms with Crippen LogP contribution in [0.1, 0.15) is 51.6 Å². The molecule has 8 nitrogen and oxygen atoms in total. The van der Waals surface area contributed by atoms with Gasteiger partial charge in [0.2, 0.25) is 0 Å². The van der Waals surface area contributed by atoms with Gasteiger partial charge in [-0.15, -0.1) is 0 Å². The Bertz CT molecular complexity index is 1240. The normalized spacial score (nSPS) is 20.4. The monoisotopic (exact) mass is 497 g/mol. The van der Waals surface area contributed by atoms with Crippen LogP contribution in [-0.4, -0.2) is 51.5 Å². The first-order chi connectivity index (χ1) is 16.9. The number of nitrogens with zero attached hydrogens (tertiary/aromatic N) is 2. The maximum absolute atomic E-state index is 14.7. The Morgan fingerprint density at radius 2 is 2.06 bits per heavy atom. The number of aromatic nitrogens is 2. The molecule has 0 radical (unpaired) electrons. The highest BCUT2D eigenvalue weighted by molar-refractivity contribution is 7.06. The molecular formula is C25H24FN3O5S. The molecule has 0 bridgehead atoms. The quantitative estimate of drug-likeness (QED) is 0.458. The van der Waals surface area contributed by atoms with E-state index in [1.54, 1.807) is 24.4 Å². The SMILES string of the molecule is C[C@@H](Oc1ccc(C(=O)C2CC2)nc1)c1cc(-c2ccc(C(=O)N[C@H]3COC[C@@H]3O)c(F)c2)ns1. The Hall–Kier alpha value is -3.21. The fourth-order valence-electron chi connectivity index (χ4n) is 3.82. The van der Waals surface area contributed by atoms with Gasteiger partial charge in [-0.25, -0.2) is 9.37 Å². The minimum absolute atomic E-state index is 0.0811. The van der Waals surface area contributed by atoms with Crippen molar-refractivity contribution in [2.24, 2.45) is 5.92 Å². The van der Waals surface area contributed by atoms with Crippen LogP contribution in [0.25, 0.3) is 11.3 Å². The van der Waals surface area contributed by atoms with Gasteiger partial charge in [0, 0.05) is 11.5 Å². The second-order valence-electron chi connectivity index (χ2n) is 8.77. The van der Waals surface area contributed by atoms with E-state index >= 15 is 0 Å². The van der Waals surface area contributed by atoms with E-state index in [0.717, 1.165) is 17.7 Å². The Balaban J connectivity index is 1.23. The number of hydrogen-bond acceptors (Lipinski definition) is 8. The summed E-state index contributed by atoms with van der Waals surface area (Å²) in [7, 11) is 0. The lowest BCUT2D eigenvalue weighted by atomic mass is 10.1. The van der Waals surface area contributed by atoms with Crippen LogP contribution in [0.4, 0.5) is 4.39 Å². The van der Waals surface area contributed by atoms with Gasteiger partial charge in [0.25, 0.3) is 5.91 Å². The second kappa shape index (κ2) is 9.80. The van der Waals surface area contributed by atoms with Gasteiger partial charge in [0.15, 0.2) is 5.78 Å². The zero-order valence-corrected chi connectivity index (χ0v) is 19.8. The van der Waals surface area contributed by atoms with Crippen LogP contribution < -0.4 is 10.1 Å². The van der Waals surface area contributed by atoms with Gasteiger partial charge in [0.05, 0.1) is 47.7 Å². The number of carbonyl (C=O) groups excluding carboxylic acids is 2. The van der Waals surface area contributed by atoms with Crippen LogP contribution in [-0.2, 0) is 4.74 Å². The molecule has 3 atom stereocenters. The van der Waals surface area contributed by atoms with Gasteiger partial charge in [-0.05, 0) is 61.6 Å². The molecule has 1 aliphatic carbocycles. The number of rotatable bonds is 8. The predicted molar refractivity (Wildman–Crippen MR) is 126 cm³/mol. The van der Waals surface area contributed by atoms with E-state index in [2.05, 4.69) is 14.7 Å². The summed E-state index contributed by atoms with van der Waals surface area (Å²) in [5.74, 6) is -0.550. The number of benzene rings is 1. The topological polar surface area (TPSA) is 111 Å². The van der Waals surface area contributed by atoms with Gasteiger partial charge in [0.1, 0.15) is 23.4 Å². The maximum atomic E-state index is 14.7. The van der Waals surface area contributed by atoms with Crippen molar-refractivity contribution in [2.75, 3.05) is 13.2 Å². The summed E-state index contributed by atoms with van der Waals surface area (Å²) in [6.07, 6.45) is 2.28. The lowest BCUT2D eigenvalue weighted by Gasteiger charge is -2.15. The number of hydrogen-bond donors (Lipinski definition) is 2. The fourth-order valence-corrected chi connectivity index (χ4v) is 4.54. The lowest BCUT2D eigenvalue weighted by Crippen LogP contribution is -2.42. The third-order valence-corrected chi connectivity index (χ3v) is 7.00. The number of amides is 1. The van der Waals surface area contributed by atoms with E-state index in [-0.39, 0.29) is 36.6 Å². The molecule has 2 fully saturated rings. The third-order valence-electron chi connectivity index (χ3n) is 6.06. The van der Waals surface area contributed by atoms with Crippen molar-refractivity contribution in [2.45, 2.75) is 38.0 Å². The van der Waals surface area contributed by atoms with Crippen LogP contribution >= 0.6 is 11.5 Å². The average Bonchev–Trinajstić information content (AvgIpc) is 3.44. The molecule has 0 unspecified atom stereocenters. The number of carbonyl (C=O) groups is 2. The van der Waals surface area contributed by atoms with Gasteiger partial charge < -0.3 is 19.9 Å². The van der Waals surface area contributed by atoms with Crippen molar-refractivity contribution in [3.05, 3.63) is 64.5 Å². The molecule has 2 aliphatic rings. The summed E-state index contributed by atoms with van der Waals surface area (Å²) in [5.41, 5.74) is 1.44. The minimum Gasteiger partial charge on any atom is -0.484 e. The van der Waals surface area contributed by atoms with Crippen molar-refractivity contribution in [3.8, 4) is 17.0 Å². The van der Waals surface area contributed by atoms with Gasteiger partial charge in [-0.1, -0.05) is 6.07 Å². The molecule has 1 saturated carbocycles. The Labute approximate surface area is 205 Å². The van der Waals surface area contributed by atoms with Crippen molar-refractivity contribution >= 4 is 23.2 Å². The number of ether oxygens (including phenoxy) is 2. The zero-order chi connectivity index (χ0) is 24.5. The molecule has 3 heterocycles. The van der Waals surface area contributed by atoms with Crippen LogP contribution in [0.2, 0.25) is 0 Å². The van der Waals surface area contributed by atoms with Crippen LogP contribution in [0.15, 0.2) is 42.6 Å². The molecule has 35 heavy (non-hydrogen) atoms. The molecule has 10 heteroatoms. The second-order valence-corrected chi connectivity index (χ2v) is 9.61. The number of aliphatic hydroxyl groups is 1. The highest BCUT2D eigenvalue weighted by Gasteiger charge is 2.31. The highest BCUT2D eigenvalue weighted by Crippen LogP contribution is 2.33. The maximum Gasteiger partial charge on any atom is 0.254 e. The third kappa shape index (κ3) is 5.24. The van der Waals surface area contributed by atoms with Crippen molar-refractivity contribution in [3.63, 3.8) is 0 Å². The van der Waals surface area contributed by atoms with Crippen LogP contribution in [0.5, 0.6) is 5.75 Å². The summed E-state index contributed by atoms with van der Waals surface area (Å²) >= 11 is 1.24. The number of Topliss-reactive ketones (excluding diaryl/α,β-unsaturated/α-hetero) is 1. The Morgan fingerprint density at radius 3 is 2.71 bits per heavy atom. The van der Waals surface area contributed by atoms with Gasteiger partial charge in [-0.2, -0.15) is 4.37 Å². The van der Waals surface area contributed by atoms with Crippen LogP contribution in [0, 0.1) is 11.7 Å². The molecule has 0 spiro atoms. The zero-order valence-electron chi connectivity index (χ0n) is 18.9. The molecular weight excluding hydrogens is 473 g/mol. The number of nitrogens with one attached hydrogen (secondary N) is 1. The lowest BCUT2D eigenvalue weighted by molar-refractivity contribution is 0.0882. The number of pyridine rings is 1. The van der Waals surface area contributed by atoms with Gasteiger partial charge in [-0.3, -0.25) is 9.59 Å². The summed E-state index contributed by atoms with van der Waals surface area (Å²) in [6, 6.07) is 8.96. The molecule has 1 amide bonds. The largest absolute Gasteiger partial charge is 0.484 e. The molecule has 5 rings (SSSR count). The van der Waals surface area contributed by atoms with E-state index < -0.39 is 23.9 Å². The van der Waals surface area contributed by atoms with Gasteiger partial charge >= 0.3 is 0 Å². The molecule has 1 saturated heterocycles. The molecule has 182 valence electrons. The first-order valence-electron chi connectivity index (χ1n) is 11.4. The summed E-state index contributed by atoms with van der Waals surface area (Å²) in [5, 5.41) is 12.4. The molecule has 3 aromatic rings. The number of halogens is 1. The van der Waals surface area contributed by atoms with Crippen molar-refractivity contribution in [1.29, 1.82) is 0 Å². The minimum atomic E-state index is -0.808. The van der Waals surface area contributed by atoms with Crippen molar-refractivity contribution in [1.82, 2.24) is 14.7 Å². The smallest absolute Gasteiger partial charge is 0.254 e. The molecule has 2 aromatic heterocycles. The van der Waals surface area contributed by atoms with Crippen LogP contribution in [0.3, 0.4) is 0 Å². The molecule has 2 N–H and O–H groups in total. The average molecular weight is 498 g/mol. The first-order valence-corrected chi connectivity index (χ1v) is 12.2. The van der Waals surface area contributed by atoms with Crippen molar-refractivity contribution < 1.29 is 28.6 Å². The molecule has 1 aliphatic heterocycles. The number of ketones is 1. The summed E-state index contributed by atoms with van der Waals surface area (Å²) < 4.78 is 30.2. The van der Waals surface area contributed by atoms with E-state index in [4.69, 9.17) is 9.47 Å². The predicted octanol–water partition coefficient (Wildman–Crippen LogP) is 3.57. The highest BCUT2D eigenvalue weighted by atomic mass is 32.1. The molecule has 1 aromatic carbocycles. The van der Waals surface area contributed by atoms with E-state index in [1.807, 2.05) is 13.0 Å².